The molecule has 8 heteroatoms. The number of hydrogen-bond donors (Lipinski definition) is 0. The lowest BCUT2D eigenvalue weighted by Crippen LogP contribution is -2.02. The van der Waals surface area contributed by atoms with Crippen LogP contribution in [0.5, 0.6) is 11.5 Å². The first-order valence-electron chi connectivity index (χ1n) is 9.05. The fourth-order valence-corrected chi connectivity index (χ4v) is 3.36. The van der Waals surface area contributed by atoms with Crippen LogP contribution in [0.2, 0.25) is 0 Å². The van der Waals surface area contributed by atoms with Gasteiger partial charge in [-0.2, -0.15) is 0 Å². The van der Waals surface area contributed by atoms with Crippen LogP contribution in [0.4, 0.5) is 0 Å². The van der Waals surface area contributed by atoms with Crippen molar-refractivity contribution in [1.82, 2.24) is 10.2 Å². The molecule has 0 aliphatic heterocycles. The van der Waals surface area contributed by atoms with Gasteiger partial charge in [0, 0.05) is 11.3 Å². The van der Waals surface area contributed by atoms with E-state index < -0.39 is 5.97 Å². The van der Waals surface area contributed by atoms with E-state index in [1.54, 1.807) is 25.3 Å². The summed E-state index contributed by atoms with van der Waals surface area (Å²) < 4.78 is 21.4. The molecule has 1 heterocycles. The Morgan fingerprint density at radius 3 is 2.59 bits per heavy atom. The molecule has 0 bridgehead atoms. The Morgan fingerprint density at radius 1 is 1.10 bits per heavy atom. The Morgan fingerprint density at radius 2 is 1.90 bits per heavy atom. The number of rotatable bonds is 9. The molecule has 152 valence electrons. The zero-order valence-corrected chi connectivity index (χ0v) is 17.3. The third-order valence-corrected chi connectivity index (χ3v) is 5.06. The summed E-state index contributed by atoms with van der Waals surface area (Å²) in [4.78, 5) is 11.7. The number of aryl methyl sites for hydroxylation is 1. The van der Waals surface area contributed by atoms with E-state index in [1.165, 1.54) is 24.4 Å². The molecule has 7 nitrogen and oxygen atoms in total. The molecule has 0 atom stereocenters. The molecular weight excluding hydrogens is 392 g/mol. The summed E-state index contributed by atoms with van der Waals surface area (Å²) in [5.41, 5.74) is 2.53. The van der Waals surface area contributed by atoms with Gasteiger partial charge in [0.2, 0.25) is 0 Å². The van der Waals surface area contributed by atoms with Gasteiger partial charge in [0.1, 0.15) is 11.5 Å². The second kappa shape index (κ2) is 9.97. The lowest BCUT2D eigenvalue weighted by atomic mass is 10.1. The van der Waals surface area contributed by atoms with Crippen LogP contribution in [-0.2, 0) is 23.5 Å². The van der Waals surface area contributed by atoms with E-state index in [1.807, 2.05) is 24.3 Å². The molecule has 1 aromatic heterocycles. The van der Waals surface area contributed by atoms with Crippen LogP contribution in [0.15, 0.2) is 52.1 Å². The number of benzene rings is 2. The van der Waals surface area contributed by atoms with Crippen LogP contribution in [0.25, 0.3) is 0 Å². The number of methoxy groups -OCH3 is 2. The number of carbonyl (C=O) groups is 1. The molecule has 0 saturated carbocycles. The summed E-state index contributed by atoms with van der Waals surface area (Å²) in [6.45, 7) is 2.30. The predicted molar refractivity (Wildman–Crippen MR) is 108 cm³/mol. The van der Waals surface area contributed by atoms with Crippen molar-refractivity contribution in [2.24, 2.45) is 0 Å². The predicted octanol–water partition coefficient (Wildman–Crippen LogP) is 4.30. The van der Waals surface area contributed by atoms with Gasteiger partial charge in [0.15, 0.2) is 6.61 Å². The van der Waals surface area contributed by atoms with Gasteiger partial charge < -0.3 is 18.6 Å². The summed E-state index contributed by atoms with van der Waals surface area (Å²) in [7, 11) is 2.93. The SMILES string of the molecule is CCc1ccc(OCc2nnc(SCc3cc(C(=O)OC)ccc3OC)o2)cc1. The van der Waals surface area contributed by atoms with Crippen molar-refractivity contribution in [3.8, 4) is 11.5 Å². The van der Waals surface area contributed by atoms with Crippen LogP contribution in [0, 0.1) is 0 Å². The molecule has 0 N–H and O–H groups in total. The average Bonchev–Trinajstić information content (AvgIpc) is 3.23. The topological polar surface area (TPSA) is 83.7 Å². The number of nitrogens with zero attached hydrogens (tertiary/aromatic N) is 2. The third kappa shape index (κ3) is 5.51. The Kier molecular flexibility index (Phi) is 7.13. The van der Waals surface area contributed by atoms with E-state index in [9.17, 15) is 4.79 Å². The number of esters is 1. The average molecular weight is 414 g/mol. The van der Waals surface area contributed by atoms with Gasteiger partial charge in [-0.1, -0.05) is 30.8 Å². The van der Waals surface area contributed by atoms with Crippen LogP contribution in [-0.4, -0.2) is 30.4 Å². The summed E-state index contributed by atoms with van der Waals surface area (Å²) in [5.74, 6) is 1.91. The molecule has 3 aromatic rings. The molecule has 0 spiro atoms. The summed E-state index contributed by atoms with van der Waals surface area (Å²) in [5, 5.41) is 8.46. The molecule has 0 aliphatic carbocycles. The highest BCUT2D eigenvalue weighted by atomic mass is 32.2. The molecule has 0 radical (unpaired) electrons. The third-order valence-electron chi connectivity index (χ3n) is 4.19. The van der Waals surface area contributed by atoms with Crippen LogP contribution in [0.3, 0.4) is 0 Å². The second-order valence-corrected chi connectivity index (χ2v) is 6.98. The summed E-state index contributed by atoms with van der Waals surface area (Å²) in [6, 6.07) is 13.0. The van der Waals surface area contributed by atoms with Gasteiger partial charge >= 0.3 is 5.97 Å². The minimum atomic E-state index is -0.400. The normalized spacial score (nSPS) is 10.6. The van der Waals surface area contributed by atoms with Gasteiger partial charge in [-0.05, 0) is 42.3 Å². The van der Waals surface area contributed by atoms with Crippen molar-refractivity contribution in [3.05, 3.63) is 65.0 Å². The van der Waals surface area contributed by atoms with Crippen LogP contribution < -0.4 is 9.47 Å². The van der Waals surface area contributed by atoms with E-state index in [0.717, 1.165) is 17.7 Å². The molecular formula is C21H22N2O5S. The molecule has 2 aromatic carbocycles. The first kappa shape index (κ1) is 20.7. The Bertz CT molecular complexity index is 956. The minimum Gasteiger partial charge on any atom is -0.496 e. The number of carbonyl (C=O) groups excluding carboxylic acids is 1. The first-order chi connectivity index (χ1) is 14.1. The smallest absolute Gasteiger partial charge is 0.337 e. The van der Waals surface area contributed by atoms with E-state index in [2.05, 4.69) is 17.1 Å². The molecule has 0 saturated heterocycles. The van der Waals surface area contributed by atoms with Crippen molar-refractivity contribution < 1.29 is 23.4 Å². The van der Waals surface area contributed by atoms with E-state index in [0.29, 0.717) is 28.2 Å². The molecule has 0 amide bonds. The van der Waals surface area contributed by atoms with Gasteiger partial charge in [0.05, 0.1) is 19.8 Å². The lowest BCUT2D eigenvalue weighted by molar-refractivity contribution is 0.0600. The quantitative estimate of drug-likeness (QED) is 0.379. The highest BCUT2D eigenvalue weighted by Crippen LogP contribution is 2.28. The highest BCUT2D eigenvalue weighted by Gasteiger charge is 2.13. The maximum atomic E-state index is 11.7. The summed E-state index contributed by atoms with van der Waals surface area (Å²) in [6.07, 6.45) is 0.984. The monoisotopic (exact) mass is 414 g/mol. The number of aromatic nitrogens is 2. The zero-order chi connectivity index (χ0) is 20.6. The number of thioether (sulfide) groups is 1. The highest BCUT2D eigenvalue weighted by molar-refractivity contribution is 7.98. The maximum Gasteiger partial charge on any atom is 0.337 e. The number of ether oxygens (including phenoxy) is 3. The van der Waals surface area contributed by atoms with Crippen molar-refractivity contribution >= 4 is 17.7 Å². The van der Waals surface area contributed by atoms with Crippen molar-refractivity contribution in [1.29, 1.82) is 0 Å². The minimum absolute atomic E-state index is 0.195. The molecule has 3 rings (SSSR count). The fraction of sp³-hybridized carbons (Fsp3) is 0.286. The first-order valence-corrected chi connectivity index (χ1v) is 10.0. The maximum absolute atomic E-state index is 11.7. The molecule has 29 heavy (non-hydrogen) atoms. The van der Waals surface area contributed by atoms with Crippen LogP contribution >= 0.6 is 11.8 Å². The lowest BCUT2D eigenvalue weighted by Gasteiger charge is -2.09. The van der Waals surface area contributed by atoms with E-state index in [-0.39, 0.29) is 6.61 Å². The molecule has 0 fully saturated rings. The molecule has 0 unspecified atom stereocenters. The van der Waals surface area contributed by atoms with Crippen molar-refractivity contribution in [2.75, 3.05) is 14.2 Å². The van der Waals surface area contributed by atoms with E-state index >= 15 is 0 Å². The van der Waals surface area contributed by atoms with Gasteiger partial charge in [-0.3, -0.25) is 0 Å². The van der Waals surface area contributed by atoms with Crippen molar-refractivity contribution in [3.63, 3.8) is 0 Å². The second-order valence-electron chi connectivity index (χ2n) is 6.05. The van der Waals surface area contributed by atoms with Crippen molar-refractivity contribution in [2.45, 2.75) is 30.9 Å². The summed E-state index contributed by atoms with van der Waals surface area (Å²) >= 11 is 1.35. The van der Waals surface area contributed by atoms with Gasteiger partial charge in [0.25, 0.3) is 11.1 Å². The fourth-order valence-electron chi connectivity index (χ4n) is 2.60. The number of hydrogen-bond acceptors (Lipinski definition) is 8. The van der Waals surface area contributed by atoms with Gasteiger partial charge in [-0.15, -0.1) is 10.2 Å². The Balaban J connectivity index is 1.59. The Labute approximate surface area is 173 Å². The standard InChI is InChI=1S/C21H22N2O5S/c1-4-14-5-8-17(9-6-14)27-12-19-22-23-21(28-19)29-13-16-11-15(20(24)26-3)7-10-18(16)25-2/h5-11H,4,12-13H2,1-3H3. The van der Waals surface area contributed by atoms with E-state index in [4.69, 9.17) is 18.6 Å². The zero-order valence-electron chi connectivity index (χ0n) is 16.5. The Hall–Kier alpha value is -3.00. The van der Waals surface area contributed by atoms with Gasteiger partial charge in [-0.25, -0.2) is 4.79 Å². The largest absolute Gasteiger partial charge is 0.496 e. The van der Waals surface area contributed by atoms with Crippen LogP contribution in [0.1, 0.15) is 34.3 Å². The molecule has 0 aliphatic rings.